The van der Waals surface area contributed by atoms with Gasteiger partial charge in [-0.25, -0.2) is 0 Å². The maximum atomic E-state index is 5.75. The van der Waals surface area contributed by atoms with Crippen molar-refractivity contribution in [3.8, 4) is 0 Å². The number of hydrogen-bond acceptors (Lipinski definition) is 2. The predicted molar refractivity (Wildman–Crippen MR) is 87.9 cm³/mol. The smallest absolute Gasteiger partial charge is 0.0314 e. The van der Waals surface area contributed by atoms with E-state index in [0.29, 0.717) is 5.92 Å². The molecule has 1 aliphatic carbocycles. The van der Waals surface area contributed by atoms with Crippen LogP contribution in [0.3, 0.4) is 0 Å². The number of nitrogens with zero attached hydrogens (tertiary/aromatic N) is 1. The zero-order valence-electron chi connectivity index (χ0n) is 13.3. The Hall–Kier alpha value is -1.02. The van der Waals surface area contributed by atoms with Gasteiger partial charge in [0.1, 0.15) is 0 Å². The fourth-order valence-corrected chi connectivity index (χ4v) is 3.51. The van der Waals surface area contributed by atoms with Crippen LogP contribution in [0.4, 0.5) is 5.69 Å². The highest BCUT2D eigenvalue weighted by Gasteiger charge is 2.24. The van der Waals surface area contributed by atoms with E-state index in [1.54, 1.807) is 0 Å². The van der Waals surface area contributed by atoms with E-state index < -0.39 is 0 Å². The number of anilines is 1. The van der Waals surface area contributed by atoms with Crippen molar-refractivity contribution in [2.75, 3.05) is 19.3 Å². The van der Waals surface area contributed by atoms with Crippen molar-refractivity contribution in [2.45, 2.75) is 57.9 Å². The number of rotatable bonds is 5. The Balaban J connectivity index is 1.83. The summed E-state index contributed by atoms with van der Waals surface area (Å²) in [4.78, 5) is 2.59. The van der Waals surface area contributed by atoms with Gasteiger partial charge in [0.25, 0.3) is 0 Å². The molecular weight excluding hydrogens is 244 g/mol. The molecule has 1 fully saturated rings. The Bertz CT molecular complexity index is 398. The van der Waals surface area contributed by atoms with Gasteiger partial charge in [-0.2, -0.15) is 0 Å². The summed E-state index contributed by atoms with van der Waals surface area (Å²) in [6.07, 6.45) is 6.85. The van der Waals surface area contributed by atoms with E-state index in [4.69, 9.17) is 5.73 Å². The lowest BCUT2D eigenvalue weighted by molar-refractivity contribution is 0.136. The lowest BCUT2D eigenvalue weighted by atomic mass is 9.85. The molecule has 2 rings (SSSR count). The molecule has 0 bridgehead atoms. The molecule has 0 radical (unpaired) electrons. The third-order valence-electron chi connectivity index (χ3n) is 5.05. The van der Waals surface area contributed by atoms with Crippen LogP contribution in [0.1, 0.15) is 57.4 Å². The van der Waals surface area contributed by atoms with E-state index in [9.17, 15) is 0 Å². The summed E-state index contributed by atoms with van der Waals surface area (Å²) in [5.41, 5.74) is 8.02. The summed E-state index contributed by atoms with van der Waals surface area (Å²) in [6.45, 7) is 5.94. The van der Waals surface area contributed by atoms with Crippen LogP contribution in [0.5, 0.6) is 0 Å². The Kier molecular flexibility index (Phi) is 5.47. The average molecular weight is 274 g/mol. The second-order valence-corrected chi connectivity index (χ2v) is 6.67. The van der Waals surface area contributed by atoms with Crippen molar-refractivity contribution >= 4 is 5.69 Å². The van der Waals surface area contributed by atoms with Gasteiger partial charge in [0.15, 0.2) is 0 Å². The molecule has 0 aromatic heterocycles. The van der Waals surface area contributed by atoms with Crippen LogP contribution >= 0.6 is 0 Å². The van der Waals surface area contributed by atoms with Gasteiger partial charge in [-0.05, 0) is 62.4 Å². The zero-order valence-corrected chi connectivity index (χ0v) is 13.3. The highest BCUT2D eigenvalue weighted by Crippen LogP contribution is 2.28. The second-order valence-electron chi connectivity index (χ2n) is 6.67. The molecule has 0 heterocycles. The third-order valence-corrected chi connectivity index (χ3v) is 5.05. The van der Waals surface area contributed by atoms with Crippen LogP contribution < -0.4 is 5.73 Å². The highest BCUT2D eigenvalue weighted by molar-refractivity contribution is 5.40. The number of benzene rings is 1. The molecular formula is C18H30N2. The SMILES string of the molecule is CC(CCN(C)C1CCCCC1C)c1ccc(N)cc1. The van der Waals surface area contributed by atoms with Gasteiger partial charge in [0, 0.05) is 11.7 Å². The third kappa shape index (κ3) is 3.99. The normalized spacial score (nSPS) is 24.8. The monoisotopic (exact) mass is 274 g/mol. The molecule has 0 saturated heterocycles. The molecule has 0 spiro atoms. The molecule has 2 nitrogen and oxygen atoms in total. The van der Waals surface area contributed by atoms with Crippen LogP contribution in [-0.4, -0.2) is 24.5 Å². The quantitative estimate of drug-likeness (QED) is 0.812. The molecule has 1 saturated carbocycles. The van der Waals surface area contributed by atoms with E-state index in [0.717, 1.165) is 17.6 Å². The van der Waals surface area contributed by atoms with Gasteiger partial charge in [0.05, 0.1) is 0 Å². The minimum absolute atomic E-state index is 0.608. The number of hydrogen-bond donors (Lipinski definition) is 1. The Morgan fingerprint density at radius 1 is 1.20 bits per heavy atom. The molecule has 3 atom stereocenters. The fraction of sp³-hybridized carbons (Fsp3) is 0.667. The van der Waals surface area contributed by atoms with Crippen LogP contribution in [-0.2, 0) is 0 Å². The minimum Gasteiger partial charge on any atom is -0.399 e. The average Bonchev–Trinajstić information content (AvgIpc) is 2.45. The second kappa shape index (κ2) is 7.12. The molecule has 112 valence electrons. The van der Waals surface area contributed by atoms with Crippen molar-refractivity contribution in [2.24, 2.45) is 5.92 Å². The summed E-state index contributed by atoms with van der Waals surface area (Å²) in [6, 6.07) is 9.16. The molecule has 1 aliphatic rings. The Labute approximate surface area is 124 Å². The first-order valence-corrected chi connectivity index (χ1v) is 8.13. The molecule has 2 N–H and O–H groups in total. The minimum atomic E-state index is 0.608. The lowest BCUT2D eigenvalue weighted by Gasteiger charge is -2.36. The summed E-state index contributed by atoms with van der Waals surface area (Å²) in [5, 5.41) is 0. The van der Waals surface area contributed by atoms with Gasteiger partial charge < -0.3 is 10.6 Å². The fourth-order valence-electron chi connectivity index (χ4n) is 3.51. The van der Waals surface area contributed by atoms with Crippen molar-refractivity contribution in [1.29, 1.82) is 0 Å². The van der Waals surface area contributed by atoms with Gasteiger partial charge in [-0.3, -0.25) is 0 Å². The van der Waals surface area contributed by atoms with Crippen LogP contribution in [0, 0.1) is 5.92 Å². The Morgan fingerprint density at radius 3 is 2.50 bits per heavy atom. The van der Waals surface area contributed by atoms with E-state index in [2.05, 4.69) is 37.9 Å². The predicted octanol–water partition coefficient (Wildman–Crippen LogP) is 4.27. The summed E-state index contributed by atoms with van der Waals surface area (Å²) >= 11 is 0. The van der Waals surface area contributed by atoms with Crippen LogP contribution in [0.15, 0.2) is 24.3 Å². The number of nitrogens with two attached hydrogens (primary N) is 1. The van der Waals surface area contributed by atoms with Crippen LogP contribution in [0.2, 0.25) is 0 Å². The van der Waals surface area contributed by atoms with E-state index in [1.807, 2.05) is 12.1 Å². The standard InChI is InChI=1S/C18H30N2/c1-14(16-8-10-17(19)11-9-16)12-13-20(3)18-7-5-4-6-15(18)2/h8-11,14-15,18H,4-7,12-13,19H2,1-3H3. The van der Waals surface area contributed by atoms with Gasteiger partial charge in [-0.1, -0.05) is 38.8 Å². The number of nitrogen functional groups attached to an aromatic ring is 1. The van der Waals surface area contributed by atoms with Gasteiger partial charge >= 0.3 is 0 Å². The summed E-state index contributed by atoms with van der Waals surface area (Å²) in [7, 11) is 2.31. The molecule has 3 unspecified atom stereocenters. The van der Waals surface area contributed by atoms with Crippen molar-refractivity contribution in [3.63, 3.8) is 0 Å². The van der Waals surface area contributed by atoms with Gasteiger partial charge in [-0.15, -0.1) is 0 Å². The van der Waals surface area contributed by atoms with Crippen molar-refractivity contribution in [3.05, 3.63) is 29.8 Å². The molecule has 1 aromatic rings. The molecule has 1 aromatic carbocycles. The van der Waals surface area contributed by atoms with E-state index in [-0.39, 0.29) is 0 Å². The first-order valence-electron chi connectivity index (χ1n) is 8.13. The van der Waals surface area contributed by atoms with Gasteiger partial charge in [0.2, 0.25) is 0 Å². The summed E-state index contributed by atoms with van der Waals surface area (Å²) in [5.74, 6) is 1.47. The highest BCUT2D eigenvalue weighted by atomic mass is 15.1. The maximum absolute atomic E-state index is 5.75. The van der Waals surface area contributed by atoms with Crippen molar-refractivity contribution < 1.29 is 0 Å². The molecule has 0 aliphatic heterocycles. The molecule has 2 heteroatoms. The topological polar surface area (TPSA) is 29.3 Å². The summed E-state index contributed by atoms with van der Waals surface area (Å²) < 4.78 is 0. The first-order chi connectivity index (χ1) is 9.58. The maximum Gasteiger partial charge on any atom is 0.0314 e. The molecule has 0 amide bonds. The largest absolute Gasteiger partial charge is 0.399 e. The van der Waals surface area contributed by atoms with E-state index >= 15 is 0 Å². The van der Waals surface area contributed by atoms with Crippen LogP contribution in [0.25, 0.3) is 0 Å². The van der Waals surface area contributed by atoms with Crippen molar-refractivity contribution in [1.82, 2.24) is 4.90 Å². The molecule has 20 heavy (non-hydrogen) atoms. The first kappa shape index (κ1) is 15.4. The van der Waals surface area contributed by atoms with E-state index in [1.165, 1.54) is 44.2 Å². The zero-order chi connectivity index (χ0) is 14.5. The Morgan fingerprint density at radius 2 is 1.85 bits per heavy atom. The lowest BCUT2D eigenvalue weighted by Crippen LogP contribution is -2.39.